The van der Waals surface area contributed by atoms with Crippen LogP contribution < -0.4 is 5.32 Å². The summed E-state index contributed by atoms with van der Waals surface area (Å²) >= 11 is 0. The van der Waals surface area contributed by atoms with Crippen LogP contribution in [-0.4, -0.2) is 15.5 Å². The third-order valence-corrected chi connectivity index (χ3v) is 3.71. The number of fused-ring (bicyclic) bond motifs is 1. The van der Waals surface area contributed by atoms with E-state index in [1.807, 2.05) is 0 Å². The van der Waals surface area contributed by atoms with E-state index in [1.54, 1.807) is 6.33 Å². The topological polar surface area (TPSA) is 37.8 Å². The van der Waals surface area contributed by atoms with E-state index < -0.39 is 0 Å². The van der Waals surface area contributed by atoms with Crippen molar-refractivity contribution >= 4 is 5.82 Å². The molecule has 0 amide bonds. The van der Waals surface area contributed by atoms with Crippen molar-refractivity contribution in [2.75, 3.05) is 5.32 Å². The number of nitrogens with zero attached hydrogens (tertiary/aromatic N) is 2. The average Bonchev–Trinajstić information content (AvgIpc) is 2.54. The third kappa shape index (κ3) is 3.21. The predicted octanol–water partition coefficient (Wildman–Crippen LogP) is 3.74. The highest BCUT2D eigenvalue weighted by Gasteiger charge is 2.21. The molecule has 0 aromatic carbocycles. The minimum absolute atomic E-state index is 0.114. The molecule has 2 rings (SSSR count). The molecule has 1 aliphatic rings. The monoisotopic (exact) mass is 247 g/mol. The van der Waals surface area contributed by atoms with Crippen LogP contribution in [0.4, 0.5) is 5.82 Å². The standard InChI is InChI=1S/C15H25N3/c1-4-10-15(2,3)18-14-12-8-6-5-7-9-13(12)16-11-17-14/h11H,4-10H2,1-3H3,(H,16,17,18). The number of hydrogen-bond acceptors (Lipinski definition) is 3. The van der Waals surface area contributed by atoms with Crippen molar-refractivity contribution in [1.29, 1.82) is 0 Å². The second-order valence-corrected chi connectivity index (χ2v) is 5.97. The summed E-state index contributed by atoms with van der Waals surface area (Å²) in [6.07, 6.45) is 10.1. The molecule has 0 saturated carbocycles. The Kier molecular flexibility index (Phi) is 4.20. The van der Waals surface area contributed by atoms with E-state index in [4.69, 9.17) is 0 Å². The molecule has 0 radical (unpaired) electrons. The molecule has 0 bridgehead atoms. The summed E-state index contributed by atoms with van der Waals surface area (Å²) < 4.78 is 0. The van der Waals surface area contributed by atoms with E-state index in [-0.39, 0.29) is 5.54 Å². The maximum absolute atomic E-state index is 4.48. The molecule has 1 aliphatic carbocycles. The third-order valence-electron chi connectivity index (χ3n) is 3.71. The van der Waals surface area contributed by atoms with Gasteiger partial charge in [0, 0.05) is 16.8 Å². The van der Waals surface area contributed by atoms with Gasteiger partial charge in [0.2, 0.25) is 0 Å². The zero-order chi connectivity index (χ0) is 13.0. The summed E-state index contributed by atoms with van der Waals surface area (Å²) in [6.45, 7) is 6.73. The fourth-order valence-electron chi connectivity index (χ4n) is 2.81. The van der Waals surface area contributed by atoms with Crippen molar-refractivity contribution in [2.24, 2.45) is 0 Å². The number of hydrogen-bond donors (Lipinski definition) is 1. The lowest BCUT2D eigenvalue weighted by Gasteiger charge is -2.28. The smallest absolute Gasteiger partial charge is 0.133 e. The molecular formula is C15H25N3. The zero-order valence-electron chi connectivity index (χ0n) is 11.9. The van der Waals surface area contributed by atoms with Gasteiger partial charge in [-0.2, -0.15) is 0 Å². The number of rotatable bonds is 4. The predicted molar refractivity (Wildman–Crippen MR) is 75.9 cm³/mol. The van der Waals surface area contributed by atoms with Crippen LogP contribution in [0.15, 0.2) is 6.33 Å². The van der Waals surface area contributed by atoms with Crippen molar-refractivity contribution < 1.29 is 0 Å². The van der Waals surface area contributed by atoms with Crippen LogP contribution in [-0.2, 0) is 12.8 Å². The summed E-state index contributed by atoms with van der Waals surface area (Å²) in [5.41, 5.74) is 2.74. The Bertz CT molecular complexity index is 399. The fourth-order valence-corrected chi connectivity index (χ4v) is 2.81. The Hall–Kier alpha value is -1.12. The Morgan fingerprint density at radius 2 is 1.94 bits per heavy atom. The summed E-state index contributed by atoms with van der Waals surface area (Å²) in [5.74, 6) is 1.07. The molecule has 100 valence electrons. The molecule has 0 spiro atoms. The van der Waals surface area contributed by atoms with Crippen LogP contribution in [0.3, 0.4) is 0 Å². The van der Waals surface area contributed by atoms with Gasteiger partial charge >= 0.3 is 0 Å². The summed E-state index contributed by atoms with van der Waals surface area (Å²) in [7, 11) is 0. The lowest BCUT2D eigenvalue weighted by Crippen LogP contribution is -2.31. The molecular weight excluding hydrogens is 222 g/mol. The van der Waals surface area contributed by atoms with E-state index in [9.17, 15) is 0 Å². The molecule has 3 nitrogen and oxygen atoms in total. The second kappa shape index (κ2) is 5.68. The summed E-state index contributed by atoms with van der Waals surface area (Å²) in [4.78, 5) is 8.94. The van der Waals surface area contributed by atoms with Gasteiger partial charge in [-0.25, -0.2) is 9.97 Å². The molecule has 1 heterocycles. The molecule has 1 aromatic heterocycles. The maximum Gasteiger partial charge on any atom is 0.133 e. The molecule has 18 heavy (non-hydrogen) atoms. The maximum atomic E-state index is 4.48. The first kappa shape index (κ1) is 13.3. The highest BCUT2D eigenvalue weighted by atomic mass is 15.1. The van der Waals surface area contributed by atoms with Crippen LogP contribution in [0.2, 0.25) is 0 Å². The van der Waals surface area contributed by atoms with Crippen LogP contribution in [0.5, 0.6) is 0 Å². The first-order valence-electron chi connectivity index (χ1n) is 7.23. The van der Waals surface area contributed by atoms with Gasteiger partial charge in [0.1, 0.15) is 12.1 Å². The first-order chi connectivity index (χ1) is 8.62. The van der Waals surface area contributed by atoms with Crippen LogP contribution in [0, 0.1) is 0 Å². The highest BCUT2D eigenvalue weighted by molar-refractivity contribution is 5.48. The van der Waals surface area contributed by atoms with Gasteiger partial charge in [0.15, 0.2) is 0 Å². The van der Waals surface area contributed by atoms with Crippen LogP contribution in [0.25, 0.3) is 0 Å². The molecule has 0 saturated heterocycles. The SMILES string of the molecule is CCCC(C)(C)Nc1ncnc2c1CCCCC2. The zero-order valence-corrected chi connectivity index (χ0v) is 11.9. The molecule has 0 aliphatic heterocycles. The van der Waals surface area contributed by atoms with Crippen molar-refractivity contribution in [3.63, 3.8) is 0 Å². The lowest BCUT2D eigenvalue weighted by molar-refractivity contribution is 0.508. The number of anilines is 1. The van der Waals surface area contributed by atoms with Gasteiger partial charge in [-0.1, -0.05) is 19.8 Å². The number of nitrogens with one attached hydrogen (secondary N) is 1. The van der Waals surface area contributed by atoms with Gasteiger partial charge in [0.25, 0.3) is 0 Å². The van der Waals surface area contributed by atoms with Gasteiger partial charge in [-0.3, -0.25) is 0 Å². The normalized spacial score (nSPS) is 15.9. The van der Waals surface area contributed by atoms with Gasteiger partial charge in [-0.05, 0) is 46.0 Å². The Balaban J connectivity index is 2.23. The Morgan fingerprint density at radius 3 is 2.72 bits per heavy atom. The Morgan fingerprint density at radius 1 is 1.17 bits per heavy atom. The number of aryl methyl sites for hydroxylation is 1. The number of aromatic nitrogens is 2. The van der Waals surface area contributed by atoms with Crippen molar-refractivity contribution in [3.05, 3.63) is 17.6 Å². The largest absolute Gasteiger partial charge is 0.365 e. The van der Waals surface area contributed by atoms with E-state index in [2.05, 4.69) is 36.1 Å². The summed E-state index contributed by atoms with van der Waals surface area (Å²) in [6, 6.07) is 0. The summed E-state index contributed by atoms with van der Waals surface area (Å²) in [5, 5.41) is 3.62. The van der Waals surface area contributed by atoms with E-state index >= 15 is 0 Å². The molecule has 0 atom stereocenters. The first-order valence-corrected chi connectivity index (χ1v) is 7.23. The van der Waals surface area contributed by atoms with Crippen LogP contribution in [0.1, 0.15) is 64.1 Å². The minimum atomic E-state index is 0.114. The van der Waals surface area contributed by atoms with Crippen molar-refractivity contribution in [2.45, 2.75) is 71.3 Å². The highest BCUT2D eigenvalue weighted by Crippen LogP contribution is 2.27. The molecule has 1 aromatic rings. The van der Waals surface area contributed by atoms with Crippen molar-refractivity contribution in [3.8, 4) is 0 Å². The molecule has 0 unspecified atom stereocenters. The molecule has 3 heteroatoms. The lowest BCUT2D eigenvalue weighted by atomic mass is 9.98. The van der Waals surface area contributed by atoms with Crippen molar-refractivity contribution in [1.82, 2.24) is 9.97 Å². The Labute approximate surface area is 110 Å². The second-order valence-electron chi connectivity index (χ2n) is 5.97. The minimum Gasteiger partial charge on any atom is -0.365 e. The molecule has 1 N–H and O–H groups in total. The average molecular weight is 247 g/mol. The van der Waals surface area contributed by atoms with E-state index in [1.165, 1.54) is 36.9 Å². The quantitative estimate of drug-likeness (QED) is 0.824. The van der Waals surface area contributed by atoms with E-state index in [0.717, 1.165) is 25.1 Å². The fraction of sp³-hybridized carbons (Fsp3) is 0.733. The van der Waals surface area contributed by atoms with Gasteiger partial charge < -0.3 is 5.32 Å². The van der Waals surface area contributed by atoms with Crippen LogP contribution >= 0.6 is 0 Å². The van der Waals surface area contributed by atoms with Gasteiger partial charge in [0.05, 0.1) is 0 Å². The molecule has 0 fully saturated rings. The van der Waals surface area contributed by atoms with Gasteiger partial charge in [-0.15, -0.1) is 0 Å². The van der Waals surface area contributed by atoms with E-state index in [0.29, 0.717) is 0 Å².